The van der Waals surface area contributed by atoms with Gasteiger partial charge in [-0.15, -0.1) is 0 Å². The van der Waals surface area contributed by atoms with Crippen LogP contribution in [0.3, 0.4) is 0 Å². The first-order valence-corrected chi connectivity index (χ1v) is 18.7. The van der Waals surface area contributed by atoms with E-state index in [1.54, 1.807) is 56.3 Å². The van der Waals surface area contributed by atoms with Crippen LogP contribution in [0.1, 0.15) is 55.6 Å². The number of aliphatic imine (C=N–C) groups is 1. The standard InChI is InChI=1S/C39H47ClFN11O6/c1-21(2)18-27(36(56)50-28(20-30(42)53)37(57)48-26(34(43)54)19-22-13-15-24(41)16-14-22)49-35(55)25(10-7-17-46-39(44)45)47-38(58)33-32(23-8-4-3-5-9-23)51-31-12-6-11-29(40)52(31)33/h3-6,8-9,11-16,21,25-28H,7,10,17-20H2,1-2H3,(H2,42,53)(H2,43,54)(H,47,58)(H,48,57)(H,49,55)(H,50,56)(H4,44,45,46)/t25-,26-,27-,28-/m0/s1. The summed E-state index contributed by atoms with van der Waals surface area (Å²) >= 11 is 6.56. The Balaban J connectivity index is 1.60. The number of carbonyl (C=O) groups excluding carboxylic acids is 6. The quantitative estimate of drug-likeness (QED) is 0.0273. The number of guanidine groups is 1. The first-order chi connectivity index (χ1) is 27.5. The van der Waals surface area contributed by atoms with Crippen LogP contribution in [0.4, 0.5) is 4.39 Å². The average Bonchev–Trinajstić information content (AvgIpc) is 3.57. The fourth-order valence-electron chi connectivity index (χ4n) is 6.07. The van der Waals surface area contributed by atoms with Gasteiger partial charge in [0.15, 0.2) is 5.96 Å². The van der Waals surface area contributed by atoms with Crippen LogP contribution >= 0.6 is 11.6 Å². The van der Waals surface area contributed by atoms with Gasteiger partial charge in [-0.05, 0) is 55.0 Å². The molecule has 0 radical (unpaired) electrons. The van der Waals surface area contributed by atoms with E-state index in [1.807, 2.05) is 6.07 Å². The molecule has 0 unspecified atom stereocenters. The molecule has 17 nitrogen and oxygen atoms in total. The van der Waals surface area contributed by atoms with Crippen molar-refractivity contribution < 1.29 is 33.2 Å². The molecule has 0 spiro atoms. The number of hydrogen-bond acceptors (Lipinski definition) is 8. The molecule has 4 atom stereocenters. The van der Waals surface area contributed by atoms with Crippen LogP contribution in [-0.2, 0) is 30.4 Å². The largest absolute Gasteiger partial charge is 0.370 e. The number of nitrogens with two attached hydrogens (primary N) is 4. The zero-order chi connectivity index (χ0) is 42.5. The molecule has 0 saturated heterocycles. The lowest BCUT2D eigenvalue weighted by Crippen LogP contribution is -2.59. The van der Waals surface area contributed by atoms with Gasteiger partial charge in [0.25, 0.3) is 5.91 Å². The van der Waals surface area contributed by atoms with Crippen molar-refractivity contribution in [3.05, 3.63) is 95.0 Å². The Hall–Kier alpha value is -6.56. The van der Waals surface area contributed by atoms with Gasteiger partial charge in [-0.25, -0.2) is 9.37 Å². The van der Waals surface area contributed by atoms with Crippen molar-refractivity contribution in [2.24, 2.45) is 33.8 Å². The van der Waals surface area contributed by atoms with Crippen molar-refractivity contribution in [2.75, 3.05) is 6.54 Å². The minimum absolute atomic E-state index is 0.0186. The van der Waals surface area contributed by atoms with Gasteiger partial charge in [0, 0.05) is 18.5 Å². The van der Waals surface area contributed by atoms with Crippen molar-refractivity contribution >= 4 is 58.7 Å². The second-order valence-corrected chi connectivity index (χ2v) is 14.3. The number of rotatable bonds is 20. The number of imidazole rings is 1. The SMILES string of the molecule is CC(C)C[C@H](NC(=O)[C@H](CCCN=C(N)N)NC(=O)c1c(-c2ccccc2)nc2cccc(Cl)n12)C(=O)N[C@@H](CC(N)=O)C(=O)N[C@@H](Cc1ccc(F)cc1)C(N)=O. The predicted molar refractivity (Wildman–Crippen MR) is 215 cm³/mol. The maximum Gasteiger partial charge on any atom is 0.271 e. The van der Waals surface area contributed by atoms with Gasteiger partial charge in [-0.2, -0.15) is 0 Å². The molecule has 12 N–H and O–H groups in total. The van der Waals surface area contributed by atoms with Crippen LogP contribution in [0, 0.1) is 11.7 Å². The van der Waals surface area contributed by atoms with Gasteiger partial charge in [0.2, 0.25) is 29.5 Å². The van der Waals surface area contributed by atoms with E-state index in [4.69, 9.17) is 34.5 Å². The third kappa shape index (κ3) is 12.5. The minimum atomic E-state index is -1.59. The molecule has 308 valence electrons. The Morgan fingerprint density at radius 2 is 1.40 bits per heavy atom. The zero-order valence-electron chi connectivity index (χ0n) is 31.9. The summed E-state index contributed by atoms with van der Waals surface area (Å²) in [6.45, 7) is 3.70. The number of halogens is 2. The summed E-state index contributed by atoms with van der Waals surface area (Å²) < 4.78 is 14.9. The molecule has 19 heteroatoms. The lowest BCUT2D eigenvalue weighted by atomic mass is 10.0. The number of amides is 6. The summed E-state index contributed by atoms with van der Waals surface area (Å²) in [7, 11) is 0. The van der Waals surface area contributed by atoms with E-state index in [1.165, 1.54) is 28.7 Å². The van der Waals surface area contributed by atoms with E-state index >= 15 is 0 Å². The van der Waals surface area contributed by atoms with E-state index in [0.717, 1.165) is 0 Å². The van der Waals surface area contributed by atoms with Crippen molar-refractivity contribution in [2.45, 2.75) is 70.1 Å². The minimum Gasteiger partial charge on any atom is -0.370 e. The maximum absolute atomic E-state index is 14.2. The molecule has 4 aromatic rings. The molecule has 0 aliphatic heterocycles. The lowest BCUT2D eigenvalue weighted by Gasteiger charge is -2.27. The molecule has 2 aromatic heterocycles. The Morgan fingerprint density at radius 1 is 0.776 bits per heavy atom. The molecular formula is C39H47ClFN11O6. The normalized spacial score (nSPS) is 13.1. The molecule has 6 amide bonds. The van der Waals surface area contributed by atoms with Gasteiger partial charge in [-0.1, -0.05) is 74.0 Å². The molecule has 2 heterocycles. The second kappa shape index (κ2) is 20.6. The van der Waals surface area contributed by atoms with Crippen LogP contribution in [0.25, 0.3) is 16.9 Å². The summed E-state index contributed by atoms with van der Waals surface area (Å²) in [5.74, 6) is -6.02. The summed E-state index contributed by atoms with van der Waals surface area (Å²) in [5.41, 5.74) is 23.8. The molecule has 0 fully saturated rings. The third-order valence-corrected chi connectivity index (χ3v) is 9.11. The number of carbonyl (C=O) groups is 6. The van der Waals surface area contributed by atoms with Crippen molar-refractivity contribution in [1.29, 1.82) is 0 Å². The van der Waals surface area contributed by atoms with Crippen LogP contribution < -0.4 is 44.2 Å². The van der Waals surface area contributed by atoms with Gasteiger partial charge in [0.05, 0.1) is 6.42 Å². The van der Waals surface area contributed by atoms with E-state index in [0.29, 0.717) is 22.5 Å². The fraction of sp³-hybridized carbons (Fsp3) is 0.333. The van der Waals surface area contributed by atoms with E-state index in [-0.39, 0.29) is 55.0 Å². The Kier molecular flexibility index (Phi) is 15.7. The van der Waals surface area contributed by atoms with E-state index in [9.17, 15) is 33.2 Å². The van der Waals surface area contributed by atoms with E-state index < -0.39 is 71.8 Å². The van der Waals surface area contributed by atoms with Crippen LogP contribution in [0.2, 0.25) is 5.15 Å². The van der Waals surface area contributed by atoms with Crippen LogP contribution in [-0.4, -0.2) is 81.5 Å². The number of benzene rings is 2. The van der Waals surface area contributed by atoms with Crippen LogP contribution in [0.15, 0.2) is 77.8 Å². The third-order valence-electron chi connectivity index (χ3n) is 8.82. The topological polar surface area (TPSA) is 284 Å². The summed E-state index contributed by atoms with van der Waals surface area (Å²) in [6.07, 6.45) is -0.472. The number of hydrogen-bond donors (Lipinski definition) is 8. The molecule has 0 bridgehead atoms. The van der Waals surface area contributed by atoms with Crippen molar-refractivity contribution in [1.82, 2.24) is 30.7 Å². The van der Waals surface area contributed by atoms with Crippen molar-refractivity contribution in [3.63, 3.8) is 0 Å². The molecule has 0 aliphatic carbocycles. The van der Waals surface area contributed by atoms with Crippen LogP contribution in [0.5, 0.6) is 0 Å². The van der Waals surface area contributed by atoms with Gasteiger partial charge in [0.1, 0.15) is 52.2 Å². The Morgan fingerprint density at radius 3 is 2.02 bits per heavy atom. The van der Waals surface area contributed by atoms with Crippen molar-refractivity contribution in [3.8, 4) is 11.3 Å². The fourth-order valence-corrected chi connectivity index (χ4v) is 6.31. The number of primary amides is 2. The highest BCUT2D eigenvalue weighted by Gasteiger charge is 2.33. The first kappa shape index (κ1) is 44.2. The Labute approximate surface area is 338 Å². The second-order valence-electron chi connectivity index (χ2n) is 13.9. The molecule has 4 rings (SSSR count). The van der Waals surface area contributed by atoms with Gasteiger partial charge < -0.3 is 44.2 Å². The number of nitrogens with one attached hydrogen (secondary N) is 4. The number of aromatic nitrogens is 2. The summed E-state index contributed by atoms with van der Waals surface area (Å²) in [4.78, 5) is 88.6. The highest BCUT2D eigenvalue weighted by Crippen LogP contribution is 2.27. The monoisotopic (exact) mass is 819 g/mol. The molecule has 58 heavy (non-hydrogen) atoms. The molecule has 0 aliphatic rings. The predicted octanol–water partition coefficient (Wildman–Crippen LogP) is 1.05. The number of pyridine rings is 1. The highest BCUT2D eigenvalue weighted by molar-refractivity contribution is 6.30. The molecular weight excluding hydrogens is 773 g/mol. The first-order valence-electron chi connectivity index (χ1n) is 18.4. The van der Waals surface area contributed by atoms with Gasteiger partial charge in [-0.3, -0.25) is 38.2 Å². The number of nitrogens with zero attached hydrogens (tertiary/aromatic N) is 3. The maximum atomic E-state index is 14.2. The zero-order valence-corrected chi connectivity index (χ0v) is 32.7. The summed E-state index contributed by atoms with van der Waals surface area (Å²) in [5, 5.41) is 10.5. The number of fused-ring (bicyclic) bond motifs is 1. The Bertz CT molecular complexity index is 2140. The summed E-state index contributed by atoms with van der Waals surface area (Å²) in [6, 6.07) is 13.6. The average molecular weight is 820 g/mol. The lowest BCUT2D eigenvalue weighted by molar-refractivity contribution is -0.135. The van der Waals surface area contributed by atoms with E-state index in [2.05, 4.69) is 31.2 Å². The smallest absolute Gasteiger partial charge is 0.271 e. The van der Waals surface area contributed by atoms with Gasteiger partial charge >= 0.3 is 0 Å². The highest BCUT2D eigenvalue weighted by atomic mass is 35.5. The molecule has 0 saturated carbocycles. The molecule has 2 aromatic carbocycles.